The number of carbonyl (C=O) groups excluding carboxylic acids is 1. The fraction of sp³-hybridized carbons (Fsp3) is 0.600. The molecule has 23 heavy (non-hydrogen) atoms. The van der Waals surface area contributed by atoms with Gasteiger partial charge in [0.25, 0.3) is 5.91 Å². The Labute approximate surface area is 137 Å². The predicted molar refractivity (Wildman–Crippen MR) is 83.6 cm³/mol. The van der Waals surface area contributed by atoms with Gasteiger partial charge in [0, 0.05) is 12.7 Å². The van der Waals surface area contributed by atoms with Gasteiger partial charge in [-0.1, -0.05) is 0 Å². The molecule has 0 aromatic carbocycles. The molecule has 1 aromatic rings. The summed E-state index contributed by atoms with van der Waals surface area (Å²) in [7, 11) is 0. The standard InChI is InChI=1S/C15H20F3N3OS/c1-23-14-12(3-2-6-19-14)13(22)20-9-11-4-7-21(8-5-11)10-15(16,17)18/h2-3,6,11H,4-5,7-10H2,1H3,(H,20,22). The Morgan fingerprint density at radius 2 is 2.13 bits per heavy atom. The van der Waals surface area contributed by atoms with Crippen LogP contribution in [-0.2, 0) is 0 Å². The molecule has 128 valence electrons. The molecule has 1 fully saturated rings. The molecule has 2 heterocycles. The van der Waals surface area contributed by atoms with Crippen molar-refractivity contribution in [2.45, 2.75) is 24.0 Å². The first kappa shape index (κ1) is 18.1. The van der Waals surface area contributed by atoms with Gasteiger partial charge >= 0.3 is 6.18 Å². The van der Waals surface area contributed by atoms with Gasteiger partial charge in [-0.2, -0.15) is 13.2 Å². The van der Waals surface area contributed by atoms with Crippen molar-refractivity contribution in [3.05, 3.63) is 23.9 Å². The Kier molecular flexibility index (Phi) is 6.29. The average Bonchev–Trinajstić information content (AvgIpc) is 2.52. The molecule has 1 amide bonds. The smallest absolute Gasteiger partial charge is 0.352 e. The van der Waals surface area contributed by atoms with E-state index in [2.05, 4.69) is 10.3 Å². The van der Waals surface area contributed by atoms with E-state index in [9.17, 15) is 18.0 Å². The lowest BCUT2D eigenvalue weighted by Crippen LogP contribution is -2.42. The Balaban J connectivity index is 1.78. The summed E-state index contributed by atoms with van der Waals surface area (Å²) in [6.07, 6.45) is 0.682. The number of alkyl halides is 3. The summed E-state index contributed by atoms with van der Waals surface area (Å²) in [6, 6.07) is 3.43. The second-order valence-corrected chi connectivity index (χ2v) is 6.40. The average molecular weight is 347 g/mol. The van der Waals surface area contributed by atoms with Gasteiger partial charge in [-0.05, 0) is 50.2 Å². The Hall–Kier alpha value is -1.28. The molecule has 2 rings (SSSR count). The zero-order valence-corrected chi connectivity index (χ0v) is 13.7. The first-order valence-electron chi connectivity index (χ1n) is 7.45. The molecule has 0 saturated carbocycles. The van der Waals surface area contributed by atoms with Crippen LogP contribution >= 0.6 is 11.8 Å². The number of thioether (sulfide) groups is 1. The van der Waals surface area contributed by atoms with Crippen LogP contribution in [0.1, 0.15) is 23.2 Å². The SMILES string of the molecule is CSc1ncccc1C(=O)NCC1CCN(CC(F)(F)F)CC1. The molecule has 1 N–H and O–H groups in total. The van der Waals surface area contributed by atoms with Gasteiger partial charge in [-0.15, -0.1) is 11.8 Å². The lowest BCUT2D eigenvalue weighted by Gasteiger charge is -2.32. The van der Waals surface area contributed by atoms with Crippen LogP contribution in [0.15, 0.2) is 23.4 Å². The van der Waals surface area contributed by atoms with E-state index < -0.39 is 12.7 Å². The number of likely N-dealkylation sites (tertiary alicyclic amines) is 1. The van der Waals surface area contributed by atoms with Gasteiger partial charge in [0.1, 0.15) is 5.03 Å². The molecular weight excluding hydrogens is 327 g/mol. The quantitative estimate of drug-likeness (QED) is 0.832. The van der Waals surface area contributed by atoms with E-state index in [0.717, 1.165) is 0 Å². The van der Waals surface area contributed by atoms with E-state index in [1.54, 1.807) is 18.3 Å². The highest BCUT2D eigenvalue weighted by Crippen LogP contribution is 2.22. The summed E-state index contributed by atoms with van der Waals surface area (Å²) in [5.74, 6) is 0.0398. The number of hydrogen-bond acceptors (Lipinski definition) is 4. The zero-order chi connectivity index (χ0) is 16.9. The fourth-order valence-electron chi connectivity index (χ4n) is 2.66. The van der Waals surface area contributed by atoms with Crippen LogP contribution in [0.2, 0.25) is 0 Å². The Morgan fingerprint density at radius 1 is 1.43 bits per heavy atom. The summed E-state index contributed by atoms with van der Waals surface area (Å²) in [5, 5.41) is 3.54. The lowest BCUT2D eigenvalue weighted by atomic mass is 9.96. The van der Waals surface area contributed by atoms with Crippen molar-refractivity contribution in [3.63, 3.8) is 0 Å². The van der Waals surface area contributed by atoms with Crippen molar-refractivity contribution in [2.75, 3.05) is 32.4 Å². The number of piperidine rings is 1. The van der Waals surface area contributed by atoms with Gasteiger partial charge in [-0.25, -0.2) is 4.98 Å². The molecular formula is C15H20F3N3OS. The van der Waals surface area contributed by atoms with Crippen molar-refractivity contribution in [2.24, 2.45) is 5.92 Å². The first-order chi connectivity index (χ1) is 10.9. The molecule has 0 unspecified atom stereocenters. The maximum absolute atomic E-state index is 12.3. The molecule has 1 aliphatic heterocycles. The monoisotopic (exact) mass is 347 g/mol. The third-order valence-electron chi connectivity index (χ3n) is 3.87. The van der Waals surface area contributed by atoms with Gasteiger partial charge in [0.2, 0.25) is 0 Å². The summed E-state index contributed by atoms with van der Waals surface area (Å²) in [4.78, 5) is 17.8. The number of nitrogens with one attached hydrogen (secondary N) is 1. The third-order valence-corrected chi connectivity index (χ3v) is 4.58. The molecule has 0 radical (unpaired) electrons. The van der Waals surface area contributed by atoms with Crippen molar-refractivity contribution in [1.29, 1.82) is 0 Å². The van der Waals surface area contributed by atoms with Gasteiger partial charge < -0.3 is 5.32 Å². The minimum absolute atomic E-state index is 0.180. The predicted octanol–water partition coefficient (Wildman–Crippen LogP) is 2.81. The molecule has 8 heteroatoms. The number of amides is 1. The first-order valence-corrected chi connectivity index (χ1v) is 8.68. The van der Waals surface area contributed by atoms with E-state index in [1.807, 2.05) is 6.26 Å². The van der Waals surface area contributed by atoms with E-state index in [0.29, 0.717) is 43.1 Å². The second kappa shape index (κ2) is 8.01. The topological polar surface area (TPSA) is 45.2 Å². The number of halogens is 3. The summed E-state index contributed by atoms with van der Waals surface area (Å²) < 4.78 is 37.0. The maximum atomic E-state index is 12.3. The molecule has 0 aliphatic carbocycles. The number of aromatic nitrogens is 1. The molecule has 0 atom stereocenters. The Bertz CT molecular complexity index is 531. The maximum Gasteiger partial charge on any atom is 0.401 e. The number of nitrogens with zero attached hydrogens (tertiary/aromatic N) is 2. The van der Waals surface area contributed by atoms with Crippen LogP contribution in [0.5, 0.6) is 0 Å². The number of rotatable bonds is 5. The summed E-state index contributed by atoms with van der Waals surface area (Å²) >= 11 is 1.41. The number of carbonyl (C=O) groups is 1. The third kappa shape index (κ3) is 5.69. The largest absolute Gasteiger partial charge is 0.401 e. The van der Waals surface area contributed by atoms with Gasteiger partial charge in [0.05, 0.1) is 12.1 Å². The van der Waals surface area contributed by atoms with E-state index in [-0.39, 0.29) is 11.8 Å². The van der Waals surface area contributed by atoms with E-state index >= 15 is 0 Å². The molecule has 0 spiro atoms. The Morgan fingerprint density at radius 3 is 2.74 bits per heavy atom. The highest BCUT2D eigenvalue weighted by atomic mass is 32.2. The second-order valence-electron chi connectivity index (χ2n) is 5.60. The van der Waals surface area contributed by atoms with Crippen LogP contribution in [0.4, 0.5) is 13.2 Å². The fourth-order valence-corrected chi connectivity index (χ4v) is 3.21. The van der Waals surface area contributed by atoms with Gasteiger partial charge in [-0.3, -0.25) is 9.69 Å². The van der Waals surface area contributed by atoms with Crippen molar-refractivity contribution >= 4 is 17.7 Å². The minimum Gasteiger partial charge on any atom is -0.352 e. The van der Waals surface area contributed by atoms with E-state index in [4.69, 9.17) is 0 Å². The molecule has 1 aliphatic rings. The van der Waals surface area contributed by atoms with Crippen molar-refractivity contribution < 1.29 is 18.0 Å². The lowest BCUT2D eigenvalue weighted by molar-refractivity contribution is -0.148. The minimum atomic E-state index is -4.14. The summed E-state index contributed by atoms with van der Waals surface area (Å²) in [5.41, 5.74) is 0.537. The van der Waals surface area contributed by atoms with E-state index in [1.165, 1.54) is 16.7 Å². The van der Waals surface area contributed by atoms with Crippen molar-refractivity contribution in [3.8, 4) is 0 Å². The zero-order valence-electron chi connectivity index (χ0n) is 12.9. The molecule has 4 nitrogen and oxygen atoms in total. The number of pyridine rings is 1. The van der Waals surface area contributed by atoms with Gasteiger partial charge in [0.15, 0.2) is 0 Å². The molecule has 1 aromatic heterocycles. The van der Waals surface area contributed by atoms with Crippen molar-refractivity contribution in [1.82, 2.24) is 15.2 Å². The highest BCUT2D eigenvalue weighted by molar-refractivity contribution is 7.98. The van der Waals surface area contributed by atoms with Crippen LogP contribution in [0, 0.1) is 5.92 Å². The highest BCUT2D eigenvalue weighted by Gasteiger charge is 2.32. The van der Waals surface area contributed by atoms with Crippen LogP contribution < -0.4 is 5.32 Å². The molecule has 0 bridgehead atoms. The van der Waals surface area contributed by atoms with Crippen LogP contribution in [0.25, 0.3) is 0 Å². The normalized spacial score (nSPS) is 17.2. The molecule has 1 saturated heterocycles. The van der Waals surface area contributed by atoms with Crippen LogP contribution in [0.3, 0.4) is 0 Å². The van der Waals surface area contributed by atoms with Crippen LogP contribution in [-0.4, -0.2) is 54.4 Å². The number of hydrogen-bond donors (Lipinski definition) is 1. The summed E-state index contributed by atoms with van der Waals surface area (Å²) in [6.45, 7) is 0.478.